The Bertz CT molecular complexity index is 1080. The van der Waals surface area contributed by atoms with Crippen LogP contribution in [-0.4, -0.2) is 46.2 Å². The number of anilines is 1. The van der Waals surface area contributed by atoms with Crippen LogP contribution in [0.3, 0.4) is 0 Å². The molecule has 2 N–H and O–H groups in total. The van der Waals surface area contributed by atoms with Crippen molar-refractivity contribution in [2.75, 3.05) is 24.6 Å². The highest BCUT2D eigenvalue weighted by Gasteiger charge is 2.47. The van der Waals surface area contributed by atoms with E-state index < -0.39 is 0 Å². The number of fused-ring (bicyclic) bond motifs is 1. The molecular formula is C21H23Cl2N5OS. The molecule has 1 spiro atoms. The minimum absolute atomic E-state index is 0.0864. The van der Waals surface area contributed by atoms with E-state index in [9.17, 15) is 0 Å². The van der Waals surface area contributed by atoms with Crippen LogP contribution >= 0.6 is 35.0 Å². The van der Waals surface area contributed by atoms with Crippen LogP contribution in [0.25, 0.3) is 5.65 Å². The van der Waals surface area contributed by atoms with Crippen molar-refractivity contribution < 1.29 is 4.74 Å². The Hall–Kier alpha value is -1.51. The SMILES string of the molecule is C[C@@H]1OCC2(CCN(c3ncc(Sc4cccc(Cl)c4Cl)c4nccn34)CC2)[C@@H]1N. The first kappa shape index (κ1) is 20.4. The highest BCUT2D eigenvalue weighted by atomic mass is 35.5. The summed E-state index contributed by atoms with van der Waals surface area (Å²) in [6.07, 6.45) is 7.77. The fraction of sp³-hybridized carbons (Fsp3) is 0.429. The molecule has 2 aliphatic heterocycles. The molecule has 0 bridgehead atoms. The molecule has 0 aliphatic carbocycles. The third-order valence-corrected chi connectivity index (χ3v) is 8.40. The van der Waals surface area contributed by atoms with Gasteiger partial charge in [-0.1, -0.05) is 41.0 Å². The summed E-state index contributed by atoms with van der Waals surface area (Å²) in [4.78, 5) is 13.5. The molecule has 3 aromatic rings. The predicted molar refractivity (Wildman–Crippen MR) is 121 cm³/mol. The van der Waals surface area contributed by atoms with E-state index in [4.69, 9.17) is 38.7 Å². The second-order valence-electron chi connectivity index (χ2n) is 8.09. The number of ether oxygens (including phenoxy) is 1. The number of imidazole rings is 1. The Labute approximate surface area is 189 Å². The van der Waals surface area contributed by atoms with Crippen molar-refractivity contribution in [2.24, 2.45) is 11.1 Å². The van der Waals surface area contributed by atoms with Gasteiger partial charge in [0.25, 0.3) is 0 Å². The molecule has 1 aromatic carbocycles. The first-order valence-corrected chi connectivity index (χ1v) is 11.6. The topological polar surface area (TPSA) is 68.7 Å². The number of piperidine rings is 1. The normalized spacial score (nSPS) is 23.5. The van der Waals surface area contributed by atoms with Gasteiger partial charge in [0.15, 0.2) is 5.65 Å². The Balaban J connectivity index is 1.40. The maximum Gasteiger partial charge on any atom is 0.211 e. The second kappa shape index (κ2) is 7.88. The van der Waals surface area contributed by atoms with Gasteiger partial charge in [0.2, 0.25) is 5.95 Å². The number of rotatable bonds is 3. The molecule has 30 heavy (non-hydrogen) atoms. The predicted octanol–water partition coefficient (Wildman–Crippen LogP) is 4.52. The summed E-state index contributed by atoms with van der Waals surface area (Å²) >= 11 is 14.1. The number of nitrogens with two attached hydrogens (primary N) is 1. The van der Waals surface area contributed by atoms with Crippen LogP contribution in [0.1, 0.15) is 19.8 Å². The van der Waals surface area contributed by atoms with Crippen LogP contribution in [0, 0.1) is 5.41 Å². The van der Waals surface area contributed by atoms with E-state index in [1.165, 1.54) is 11.8 Å². The fourth-order valence-corrected chi connectivity index (χ4v) is 5.90. The molecule has 158 valence electrons. The Morgan fingerprint density at radius 1 is 1.20 bits per heavy atom. The molecule has 2 aliphatic rings. The zero-order valence-electron chi connectivity index (χ0n) is 16.6. The average molecular weight is 464 g/mol. The Morgan fingerprint density at radius 3 is 2.73 bits per heavy atom. The molecule has 9 heteroatoms. The van der Waals surface area contributed by atoms with Crippen LogP contribution in [0.5, 0.6) is 0 Å². The number of benzene rings is 1. The summed E-state index contributed by atoms with van der Waals surface area (Å²) in [5, 5.41) is 1.08. The molecule has 0 radical (unpaired) electrons. The molecule has 2 fully saturated rings. The molecule has 6 nitrogen and oxygen atoms in total. The molecule has 0 unspecified atom stereocenters. The maximum absolute atomic E-state index is 6.46. The minimum atomic E-state index is 0.0864. The molecule has 4 heterocycles. The maximum atomic E-state index is 6.46. The number of nitrogens with zero attached hydrogens (tertiary/aromatic N) is 4. The van der Waals surface area contributed by atoms with E-state index in [2.05, 4.69) is 16.8 Å². The zero-order valence-corrected chi connectivity index (χ0v) is 18.9. The molecule has 2 saturated heterocycles. The van der Waals surface area contributed by atoms with E-state index in [0.717, 1.165) is 53.9 Å². The number of halogens is 2. The van der Waals surface area contributed by atoms with Crippen molar-refractivity contribution >= 4 is 46.6 Å². The fourth-order valence-electron chi connectivity index (χ4n) is 4.50. The third kappa shape index (κ3) is 3.37. The molecule has 0 saturated carbocycles. The van der Waals surface area contributed by atoms with Gasteiger partial charge >= 0.3 is 0 Å². The molecule has 5 rings (SSSR count). The lowest BCUT2D eigenvalue weighted by atomic mass is 9.73. The standard InChI is InChI=1S/C21H23Cl2N5OS/c1-13-18(24)21(12-29-13)5-8-27(9-6-21)20-26-11-16(19-25-7-10-28(19)20)30-15-4-2-3-14(22)17(15)23/h2-4,7,10-11,13,18H,5-6,8-9,12,24H2,1H3/t13-,18+/m0/s1. The molecular weight excluding hydrogens is 441 g/mol. The monoisotopic (exact) mass is 463 g/mol. The molecule has 2 aromatic heterocycles. The second-order valence-corrected chi connectivity index (χ2v) is 9.96. The largest absolute Gasteiger partial charge is 0.376 e. The van der Waals surface area contributed by atoms with Crippen molar-refractivity contribution in [1.29, 1.82) is 0 Å². The Morgan fingerprint density at radius 2 is 2.00 bits per heavy atom. The van der Waals surface area contributed by atoms with Crippen LogP contribution in [0.2, 0.25) is 10.0 Å². The lowest BCUT2D eigenvalue weighted by Crippen LogP contribution is -2.51. The lowest BCUT2D eigenvalue weighted by Gasteiger charge is -2.41. The van der Waals surface area contributed by atoms with E-state index in [-0.39, 0.29) is 17.6 Å². The van der Waals surface area contributed by atoms with Gasteiger partial charge < -0.3 is 15.4 Å². The van der Waals surface area contributed by atoms with Gasteiger partial charge in [-0.25, -0.2) is 9.97 Å². The van der Waals surface area contributed by atoms with Gasteiger partial charge in [0, 0.05) is 48.0 Å². The van der Waals surface area contributed by atoms with Crippen molar-refractivity contribution in [3.63, 3.8) is 0 Å². The van der Waals surface area contributed by atoms with Crippen LogP contribution < -0.4 is 10.6 Å². The van der Waals surface area contributed by atoms with Crippen LogP contribution in [0.4, 0.5) is 5.95 Å². The van der Waals surface area contributed by atoms with Gasteiger partial charge in [-0.2, -0.15) is 0 Å². The summed E-state index contributed by atoms with van der Waals surface area (Å²) in [5.74, 6) is 0.902. The zero-order chi connectivity index (χ0) is 20.9. The van der Waals surface area contributed by atoms with E-state index in [1.54, 1.807) is 12.3 Å². The van der Waals surface area contributed by atoms with Gasteiger partial charge in [-0.05, 0) is 31.9 Å². The van der Waals surface area contributed by atoms with Crippen molar-refractivity contribution in [2.45, 2.75) is 41.7 Å². The number of hydrogen-bond acceptors (Lipinski definition) is 6. The summed E-state index contributed by atoms with van der Waals surface area (Å²) in [6.45, 7) is 4.63. The van der Waals surface area contributed by atoms with E-state index >= 15 is 0 Å². The number of hydrogen-bond donors (Lipinski definition) is 1. The van der Waals surface area contributed by atoms with Crippen molar-refractivity contribution in [1.82, 2.24) is 14.4 Å². The van der Waals surface area contributed by atoms with Crippen LogP contribution in [0.15, 0.2) is 46.6 Å². The molecule has 2 atom stereocenters. The quantitative estimate of drug-likeness (QED) is 0.615. The average Bonchev–Trinajstić information content (AvgIpc) is 3.35. The summed E-state index contributed by atoms with van der Waals surface area (Å²) < 4.78 is 7.90. The van der Waals surface area contributed by atoms with E-state index in [1.807, 2.05) is 28.9 Å². The van der Waals surface area contributed by atoms with E-state index in [0.29, 0.717) is 10.0 Å². The highest BCUT2D eigenvalue weighted by molar-refractivity contribution is 7.99. The smallest absolute Gasteiger partial charge is 0.211 e. The van der Waals surface area contributed by atoms with Crippen LogP contribution in [-0.2, 0) is 4.74 Å². The summed E-state index contributed by atoms with van der Waals surface area (Å²) in [6, 6.07) is 5.72. The first-order valence-electron chi connectivity index (χ1n) is 10.0. The number of aromatic nitrogens is 3. The molecule has 0 amide bonds. The van der Waals surface area contributed by atoms with Gasteiger partial charge in [-0.15, -0.1) is 0 Å². The Kier molecular flexibility index (Phi) is 5.35. The first-order chi connectivity index (χ1) is 14.5. The van der Waals surface area contributed by atoms with Gasteiger partial charge in [0.05, 0.1) is 27.7 Å². The highest BCUT2D eigenvalue weighted by Crippen LogP contribution is 2.42. The third-order valence-electron chi connectivity index (χ3n) is 6.40. The summed E-state index contributed by atoms with van der Waals surface area (Å²) in [5.41, 5.74) is 7.41. The minimum Gasteiger partial charge on any atom is -0.376 e. The van der Waals surface area contributed by atoms with Gasteiger partial charge in [0.1, 0.15) is 0 Å². The van der Waals surface area contributed by atoms with Gasteiger partial charge in [-0.3, -0.25) is 4.40 Å². The van der Waals surface area contributed by atoms with Crippen molar-refractivity contribution in [3.05, 3.63) is 46.8 Å². The summed E-state index contributed by atoms with van der Waals surface area (Å²) in [7, 11) is 0. The van der Waals surface area contributed by atoms with Crippen molar-refractivity contribution in [3.8, 4) is 0 Å². The lowest BCUT2D eigenvalue weighted by molar-refractivity contribution is 0.0973.